The van der Waals surface area contributed by atoms with Gasteiger partial charge in [0.15, 0.2) is 0 Å². The second kappa shape index (κ2) is 7.25. The number of rotatable bonds is 6. The van der Waals surface area contributed by atoms with Gasteiger partial charge in [-0.15, -0.1) is 0 Å². The second-order valence-electron chi connectivity index (χ2n) is 5.89. The molecule has 0 aromatic heterocycles. The van der Waals surface area contributed by atoms with Gasteiger partial charge in [0.2, 0.25) is 5.91 Å². The van der Waals surface area contributed by atoms with Gasteiger partial charge in [0.05, 0.1) is 5.92 Å². The van der Waals surface area contributed by atoms with Crippen LogP contribution in [0.1, 0.15) is 43.2 Å². The van der Waals surface area contributed by atoms with Gasteiger partial charge in [0, 0.05) is 12.5 Å². The lowest BCUT2D eigenvalue weighted by molar-refractivity contribution is -0.142. The predicted octanol–water partition coefficient (Wildman–Crippen LogP) is 2.69. The van der Waals surface area contributed by atoms with Gasteiger partial charge in [0.1, 0.15) is 0 Å². The molecule has 1 fully saturated rings. The fraction of sp³-hybridized carbons (Fsp3) is 0.529. The van der Waals surface area contributed by atoms with Crippen molar-refractivity contribution in [1.82, 2.24) is 5.32 Å². The highest BCUT2D eigenvalue weighted by atomic mass is 16.4. The third kappa shape index (κ3) is 4.59. The highest BCUT2D eigenvalue weighted by molar-refractivity contribution is 5.78. The summed E-state index contributed by atoms with van der Waals surface area (Å²) in [5, 5.41) is 12.0. The number of aliphatic carboxylic acids is 1. The molecule has 21 heavy (non-hydrogen) atoms. The molecule has 1 amide bonds. The van der Waals surface area contributed by atoms with Crippen LogP contribution in [0.5, 0.6) is 0 Å². The topological polar surface area (TPSA) is 66.4 Å². The molecule has 0 unspecified atom stereocenters. The van der Waals surface area contributed by atoms with Gasteiger partial charge in [-0.2, -0.15) is 0 Å². The van der Waals surface area contributed by atoms with E-state index < -0.39 is 11.9 Å². The quantitative estimate of drug-likeness (QED) is 0.846. The van der Waals surface area contributed by atoms with Crippen LogP contribution in [0, 0.1) is 12.8 Å². The molecule has 1 saturated carbocycles. The van der Waals surface area contributed by atoms with E-state index in [4.69, 9.17) is 5.11 Å². The van der Waals surface area contributed by atoms with Crippen LogP contribution >= 0.6 is 0 Å². The second-order valence-corrected chi connectivity index (χ2v) is 5.89. The Morgan fingerprint density at radius 1 is 1.24 bits per heavy atom. The van der Waals surface area contributed by atoms with Gasteiger partial charge in [0.25, 0.3) is 0 Å². The Morgan fingerprint density at radius 2 is 1.95 bits per heavy atom. The summed E-state index contributed by atoms with van der Waals surface area (Å²) in [6, 6.07) is 8.14. The van der Waals surface area contributed by atoms with Crippen molar-refractivity contribution in [3.63, 3.8) is 0 Å². The minimum Gasteiger partial charge on any atom is -0.481 e. The van der Waals surface area contributed by atoms with E-state index in [0.717, 1.165) is 25.7 Å². The predicted molar refractivity (Wildman–Crippen MR) is 81.0 cm³/mol. The summed E-state index contributed by atoms with van der Waals surface area (Å²) < 4.78 is 0. The number of amides is 1. The first kappa shape index (κ1) is 15.5. The molecule has 0 radical (unpaired) electrons. The maximum Gasteiger partial charge on any atom is 0.308 e. The van der Waals surface area contributed by atoms with E-state index in [9.17, 15) is 9.59 Å². The Hall–Kier alpha value is -1.84. The molecule has 1 aromatic rings. The highest BCUT2D eigenvalue weighted by Crippen LogP contribution is 2.25. The Morgan fingerprint density at radius 3 is 2.62 bits per heavy atom. The smallest absolute Gasteiger partial charge is 0.308 e. The number of aryl methyl sites for hydroxylation is 2. The zero-order valence-electron chi connectivity index (χ0n) is 12.5. The van der Waals surface area contributed by atoms with Gasteiger partial charge in [-0.3, -0.25) is 9.59 Å². The van der Waals surface area contributed by atoms with E-state index in [0.29, 0.717) is 12.8 Å². The summed E-state index contributed by atoms with van der Waals surface area (Å²) in [7, 11) is 0. The average molecular weight is 289 g/mol. The van der Waals surface area contributed by atoms with Crippen LogP contribution < -0.4 is 5.32 Å². The standard InChI is InChI=1S/C17H23NO3/c1-12-8-10-13(11-9-12)4-2-7-16(19)18-15-6-3-5-14(15)17(20)21/h8-11,14-15H,2-7H2,1H3,(H,18,19)(H,20,21)/t14-,15+/m0/s1. The van der Waals surface area contributed by atoms with E-state index in [1.165, 1.54) is 11.1 Å². The van der Waals surface area contributed by atoms with Gasteiger partial charge in [-0.25, -0.2) is 0 Å². The van der Waals surface area contributed by atoms with Crippen molar-refractivity contribution in [3.8, 4) is 0 Å². The van der Waals surface area contributed by atoms with Gasteiger partial charge < -0.3 is 10.4 Å². The molecule has 0 spiro atoms. The molecular weight excluding hydrogens is 266 g/mol. The summed E-state index contributed by atoms with van der Waals surface area (Å²) >= 11 is 0. The minimum absolute atomic E-state index is 0.0275. The number of carbonyl (C=O) groups is 2. The maximum atomic E-state index is 11.9. The molecule has 0 aliphatic heterocycles. The van der Waals surface area contributed by atoms with Crippen molar-refractivity contribution in [3.05, 3.63) is 35.4 Å². The van der Waals surface area contributed by atoms with Gasteiger partial charge in [-0.05, 0) is 38.2 Å². The van der Waals surface area contributed by atoms with Crippen LogP contribution in [-0.4, -0.2) is 23.0 Å². The fourth-order valence-electron chi connectivity index (χ4n) is 2.92. The first-order valence-electron chi connectivity index (χ1n) is 7.64. The summed E-state index contributed by atoms with van der Waals surface area (Å²) in [4.78, 5) is 23.0. The molecular formula is C17H23NO3. The number of hydrogen-bond acceptors (Lipinski definition) is 2. The molecule has 2 rings (SSSR count). The largest absolute Gasteiger partial charge is 0.481 e. The van der Waals surface area contributed by atoms with Crippen LogP contribution in [0.4, 0.5) is 0 Å². The van der Waals surface area contributed by atoms with Crippen LogP contribution in [0.3, 0.4) is 0 Å². The summed E-state index contributed by atoms with van der Waals surface area (Å²) in [5.74, 6) is -1.23. The number of carboxylic acids is 1. The van der Waals surface area contributed by atoms with E-state index in [1.807, 2.05) is 0 Å². The van der Waals surface area contributed by atoms with Crippen molar-refractivity contribution in [2.24, 2.45) is 5.92 Å². The average Bonchev–Trinajstić information content (AvgIpc) is 2.89. The van der Waals surface area contributed by atoms with Crippen molar-refractivity contribution < 1.29 is 14.7 Å². The molecule has 2 atom stereocenters. The van der Waals surface area contributed by atoms with Crippen LogP contribution in [0.2, 0.25) is 0 Å². The molecule has 2 N–H and O–H groups in total. The molecule has 1 aromatic carbocycles. The Bertz CT molecular complexity index is 495. The Kier molecular flexibility index (Phi) is 5.37. The number of carboxylic acid groups (broad SMARTS) is 1. The Labute approximate surface area is 125 Å². The number of hydrogen-bond donors (Lipinski definition) is 2. The third-order valence-electron chi connectivity index (χ3n) is 4.17. The molecule has 4 nitrogen and oxygen atoms in total. The molecule has 114 valence electrons. The third-order valence-corrected chi connectivity index (χ3v) is 4.17. The summed E-state index contributed by atoms with van der Waals surface area (Å²) in [6.07, 6.45) is 4.45. The first-order chi connectivity index (χ1) is 10.1. The van der Waals surface area contributed by atoms with Crippen LogP contribution in [0.25, 0.3) is 0 Å². The van der Waals surface area contributed by atoms with Crippen molar-refractivity contribution in [2.75, 3.05) is 0 Å². The minimum atomic E-state index is -0.794. The monoisotopic (exact) mass is 289 g/mol. The molecule has 0 heterocycles. The Balaban J connectivity index is 1.72. The van der Waals surface area contributed by atoms with Crippen molar-refractivity contribution >= 4 is 11.9 Å². The van der Waals surface area contributed by atoms with E-state index in [1.54, 1.807) is 0 Å². The molecule has 1 aliphatic carbocycles. The summed E-state index contributed by atoms with van der Waals surface area (Å²) in [6.45, 7) is 2.05. The van der Waals surface area contributed by atoms with E-state index >= 15 is 0 Å². The van der Waals surface area contributed by atoms with Crippen molar-refractivity contribution in [1.29, 1.82) is 0 Å². The zero-order valence-corrected chi connectivity index (χ0v) is 12.5. The normalized spacial score (nSPS) is 21.2. The van der Waals surface area contributed by atoms with Gasteiger partial charge >= 0.3 is 5.97 Å². The zero-order chi connectivity index (χ0) is 15.2. The first-order valence-corrected chi connectivity index (χ1v) is 7.64. The number of nitrogens with one attached hydrogen (secondary N) is 1. The van der Waals surface area contributed by atoms with Crippen LogP contribution in [0.15, 0.2) is 24.3 Å². The highest BCUT2D eigenvalue weighted by Gasteiger charge is 2.33. The molecule has 1 aliphatic rings. The van der Waals surface area contributed by atoms with Gasteiger partial charge in [-0.1, -0.05) is 36.2 Å². The lowest BCUT2D eigenvalue weighted by Gasteiger charge is -2.17. The molecule has 4 heteroatoms. The van der Waals surface area contributed by atoms with Crippen LogP contribution in [-0.2, 0) is 16.0 Å². The number of benzene rings is 1. The molecule has 0 bridgehead atoms. The fourth-order valence-corrected chi connectivity index (χ4v) is 2.92. The van der Waals surface area contributed by atoms with Crippen molar-refractivity contribution in [2.45, 2.75) is 51.5 Å². The lowest BCUT2D eigenvalue weighted by Crippen LogP contribution is -2.40. The lowest BCUT2D eigenvalue weighted by atomic mass is 10.0. The molecule has 0 saturated heterocycles. The maximum absolute atomic E-state index is 11.9. The number of carbonyl (C=O) groups excluding carboxylic acids is 1. The van der Waals surface area contributed by atoms with E-state index in [2.05, 4.69) is 36.5 Å². The van der Waals surface area contributed by atoms with E-state index in [-0.39, 0.29) is 11.9 Å². The SMILES string of the molecule is Cc1ccc(CCCC(=O)N[C@@H]2CCC[C@@H]2C(=O)O)cc1. The summed E-state index contributed by atoms with van der Waals surface area (Å²) in [5.41, 5.74) is 2.47.